The molecule has 130 valence electrons. The molecule has 0 aliphatic rings. The first-order chi connectivity index (χ1) is 11.5. The first-order valence-electron chi connectivity index (χ1n) is 7.79. The molecule has 2 rings (SSSR count). The normalized spacial score (nSPS) is 10.7. The van der Waals surface area contributed by atoms with Crippen molar-refractivity contribution in [2.75, 3.05) is 11.9 Å². The van der Waals surface area contributed by atoms with Gasteiger partial charge in [0.1, 0.15) is 6.54 Å². The van der Waals surface area contributed by atoms with Crippen molar-refractivity contribution < 1.29 is 9.59 Å². The second-order valence-electron chi connectivity index (χ2n) is 5.29. The SMILES string of the molecule is CCCNC(=O)c1nn(CC)cc1NC(=O)Cn1ncc(Cl)c1C. The number of aryl methyl sites for hydroxylation is 1. The summed E-state index contributed by atoms with van der Waals surface area (Å²) in [5.74, 6) is -0.615. The van der Waals surface area contributed by atoms with Crippen molar-refractivity contribution in [2.45, 2.75) is 40.3 Å². The molecular weight excluding hydrogens is 332 g/mol. The number of anilines is 1. The molecule has 2 aromatic heterocycles. The molecule has 2 amide bonds. The van der Waals surface area contributed by atoms with Crippen molar-refractivity contribution in [3.8, 4) is 0 Å². The van der Waals surface area contributed by atoms with Crippen LogP contribution >= 0.6 is 11.6 Å². The highest BCUT2D eigenvalue weighted by molar-refractivity contribution is 6.31. The Morgan fingerprint density at radius 3 is 2.67 bits per heavy atom. The van der Waals surface area contributed by atoms with Gasteiger partial charge in [0.2, 0.25) is 5.91 Å². The van der Waals surface area contributed by atoms with Crippen LogP contribution in [0.15, 0.2) is 12.4 Å². The second-order valence-corrected chi connectivity index (χ2v) is 5.69. The van der Waals surface area contributed by atoms with E-state index in [2.05, 4.69) is 20.8 Å². The Bertz CT molecular complexity index is 736. The Morgan fingerprint density at radius 2 is 2.08 bits per heavy atom. The molecule has 0 atom stereocenters. The standard InChI is InChI=1S/C15H21ClN6O2/c1-4-6-17-15(24)14-12(8-21(5-2)20-14)19-13(23)9-22-10(3)11(16)7-18-22/h7-8H,4-6,9H2,1-3H3,(H,17,24)(H,19,23). The van der Waals surface area contributed by atoms with Crippen LogP contribution in [-0.2, 0) is 17.9 Å². The third-order valence-electron chi connectivity index (χ3n) is 3.45. The lowest BCUT2D eigenvalue weighted by atomic mass is 10.3. The quantitative estimate of drug-likeness (QED) is 0.795. The molecule has 0 bridgehead atoms. The second kappa shape index (κ2) is 7.96. The van der Waals surface area contributed by atoms with Gasteiger partial charge in [-0.25, -0.2) is 0 Å². The minimum Gasteiger partial charge on any atom is -0.351 e. The van der Waals surface area contributed by atoms with E-state index in [1.165, 1.54) is 10.9 Å². The fraction of sp³-hybridized carbons (Fsp3) is 0.467. The van der Waals surface area contributed by atoms with Crippen LogP contribution in [0.3, 0.4) is 0 Å². The summed E-state index contributed by atoms with van der Waals surface area (Å²) in [6.45, 7) is 6.80. The minimum atomic E-state index is -0.308. The number of amides is 2. The highest BCUT2D eigenvalue weighted by Gasteiger charge is 2.18. The zero-order valence-corrected chi connectivity index (χ0v) is 14.7. The molecule has 0 aromatic carbocycles. The Kier molecular flexibility index (Phi) is 5.97. The summed E-state index contributed by atoms with van der Waals surface area (Å²) >= 11 is 5.93. The fourth-order valence-electron chi connectivity index (χ4n) is 2.07. The lowest BCUT2D eigenvalue weighted by Gasteiger charge is -2.07. The molecule has 0 saturated carbocycles. The third kappa shape index (κ3) is 4.14. The summed E-state index contributed by atoms with van der Waals surface area (Å²) in [6, 6.07) is 0. The van der Waals surface area contributed by atoms with Gasteiger partial charge in [0.05, 0.1) is 22.6 Å². The minimum absolute atomic E-state index is 0.00583. The van der Waals surface area contributed by atoms with E-state index in [1.807, 2.05) is 13.8 Å². The predicted octanol–water partition coefficient (Wildman–Crippen LogP) is 1.84. The number of nitrogens with one attached hydrogen (secondary N) is 2. The molecule has 2 N–H and O–H groups in total. The van der Waals surface area contributed by atoms with Gasteiger partial charge in [0.25, 0.3) is 5.91 Å². The van der Waals surface area contributed by atoms with Crippen molar-refractivity contribution in [1.29, 1.82) is 0 Å². The molecule has 8 nitrogen and oxygen atoms in total. The number of halogens is 1. The maximum atomic E-state index is 12.2. The molecule has 24 heavy (non-hydrogen) atoms. The summed E-state index contributed by atoms with van der Waals surface area (Å²) in [5.41, 5.74) is 1.29. The monoisotopic (exact) mass is 352 g/mol. The number of carbonyl (C=O) groups is 2. The van der Waals surface area contributed by atoms with E-state index in [0.717, 1.165) is 6.42 Å². The smallest absolute Gasteiger partial charge is 0.273 e. The van der Waals surface area contributed by atoms with Gasteiger partial charge in [-0.1, -0.05) is 18.5 Å². The van der Waals surface area contributed by atoms with E-state index in [4.69, 9.17) is 11.6 Å². The van der Waals surface area contributed by atoms with Crippen molar-refractivity contribution in [3.05, 3.63) is 28.8 Å². The zero-order valence-electron chi connectivity index (χ0n) is 14.0. The van der Waals surface area contributed by atoms with Gasteiger partial charge in [-0.2, -0.15) is 10.2 Å². The van der Waals surface area contributed by atoms with Crippen molar-refractivity contribution >= 4 is 29.1 Å². The number of hydrogen-bond donors (Lipinski definition) is 2. The molecule has 0 radical (unpaired) electrons. The molecule has 2 aromatic rings. The van der Waals surface area contributed by atoms with Crippen LogP contribution in [-0.4, -0.2) is 37.9 Å². The summed E-state index contributed by atoms with van der Waals surface area (Å²) in [4.78, 5) is 24.4. The van der Waals surface area contributed by atoms with E-state index in [0.29, 0.717) is 29.5 Å². The van der Waals surface area contributed by atoms with Crippen molar-refractivity contribution in [2.24, 2.45) is 0 Å². The van der Waals surface area contributed by atoms with Crippen LogP contribution in [0, 0.1) is 6.92 Å². The van der Waals surface area contributed by atoms with Gasteiger partial charge >= 0.3 is 0 Å². The van der Waals surface area contributed by atoms with E-state index in [9.17, 15) is 9.59 Å². The average molecular weight is 353 g/mol. The molecule has 0 saturated heterocycles. The highest BCUT2D eigenvalue weighted by Crippen LogP contribution is 2.16. The lowest BCUT2D eigenvalue weighted by Crippen LogP contribution is -2.27. The Labute approximate surface area is 145 Å². The topological polar surface area (TPSA) is 93.8 Å². The van der Waals surface area contributed by atoms with Gasteiger partial charge in [-0.05, 0) is 20.3 Å². The third-order valence-corrected chi connectivity index (χ3v) is 3.82. The van der Waals surface area contributed by atoms with E-state index in [1.54, 1.807) is 17.8 Å². The van der Waals surface area contributed by atoms with Crippen LogP contribution in [0.4, 0.5) is 5.69 Å². The molecule has 0 spiro atoms. The first-order valence-corrected chi connectivity index (χ1v) is 8.17. The Hall–Kier alpha value is -2.35. The number of hydrogen-bond acceptors (Lipinski definition) is 4. The first kappa shape index (κ1) is 18.0. The van der Waals surface area contributed by atoms with Gasteiger partial charge in [0, 0.05) is 19.3 Å². The average Bonchev–Trinajstić information content (AvgIpc) is 3.10. The summed E-state index contributed by atoms with van der Waals surface area (Å²) in [7, 11) is 0. The van der Waals surface area contributed by atoms with Crippen molar-refractivity contribution in [3.63, 3.8) is 0 Å². The predicted molar refractivity (Wildman–Crippen MR) is 91.1 cm³/mol. The maximum absolute atomic E-state index is 12.2. The molecule has 0 aliphatic carbocycles. The molecule has 0 fully saturated rings. The van der Waals surface area contributed by atoms with Crippen LogP contribution in [0.25, 0.3) is 0 Å². The number of aromatic nitrogens is 4. The van der Waals surface area contributed by atoms with Gasteiger partial charge in [-0.15, -0.1) is 0 Å². The highest BCUT2D eigenvalue weighted by atomic mass is 35.5. The lowest BCUT2D eigenvalue weighted by molar-refractivity contribution is -0.116. The molecule has 2 heterocycles. The largest absolute Gasteiger partial charge is 0.351 e. The zero-order chi connectivity index (χ0) is 17.7. The Balaban J connectivity index is 2.12. The summed E-state index contributed by atoms with van der Waals surface area (Å²) in [6.07, 6.45) is 3.95. The molecular formula is C15H21ClN6O2. The number of rotatable bonds is 7. The van der Waals surface area contributed by atoms with E-state index >= 15 is 0 Å². The van der Waals surface area contributed by atoms with E-state index in [-0.39, 0.29) is 24.1 Å². The molecule has 0 unspecified atom stereocenters. The number of carbonyl (C=O) groups excluding carboxylic acids is 2. The fourth-order valence-corrected chi connectivity index (χ4v) is 2.21. The summed E-state index contributed by atoms with van der Waals surface area (Å²) < 4.78 is 3.10. The van der Waals surface area contributed by atoms with Crippen LogP contribution < -0.4 is 10.6 Å². The van der Waals surface area contributed by atoms with Crippen LogP contribution in [0.5, 0.6) is 0 Å². The summed E-state index contributed by atoms with van der Waals surface area (Å²) in [5, 5.41) is 14.2. The van der Waals surface area contributed by atoms with Gasteiger partial charge in [-0.3, -0.25) is 19.0 Å². The van der Waals surface area contributed by atoms with Crippen LogP contribution in [0.2, 0.25) is 5.02 Å². The number of nitrogens with zero attached hydrogens (tertiary/aromatic N) is 4. The van der Waals surface area contributed by atoms with Crippen LogP contribution in [0.1, 0.15) is 36.5 Å². The van der Waals surface area contributed by atoms with Gasteiger partial charge in [0.15, 0.2) is 5.69 Å². The molecule has 0 aliphatic heterocycles. The van der Waals surface area contributed by atoms with Gasteiger partial charge < -0.3 is 10.6 Å². The Morgan fingerprint density at radius 1 is 1.33 bits per heavy atom. The maximum Gasteiger partial charge on any atom is 0.273 e. The van der Waals surface area contributed by atoms with Crippen molar-refractivity contribution in [1.82, 2.24) is 24.9 Å². The molecule has 9 heteroatoms. The van der Waals surface area contributed by atoms with E-state index < -0.39 is 0 Å².